The molecule has 1 aromatic heterocycles. The first-order chi connectivity index (χ1) is 15.2. The van der Waals surface area contributed by atoms with E-state index in [1.165, 1.54) is 4.90 Å². The van der Waals surface area contributed by atoms with Gasteiger partial charge in [-0.1, -0.05) is 45.7 Å². The van der Waals surface area contributed by atoms with Crippen LogP contribution in [0.4, 0.5) is 11.4 Å². The Morgan fingerprint density at radius 3 is 2.31 bits per heavy atom. The zero-order chi connectivity index (χ0) is 23.4. The molecule has 3 rings (SSSR count). The molecule has 0 spiro atoms. The number of benzene rings is 1. The van der Waals surface area contributed by atoms with Crippen LogP contribution >= 0.6 is 11.5 Å². The van der Waals surface area contributed by atoms with Crippen LogP contribution in [0.2, 0.25) is 0 Å². The van der Waals surface area contributed by atoms with E-state index in [1.54, 1.807) is 0 Å². The first-order valence-electron chi connectivity index (χ1n) is 11.0. The second-order valence-electron chi connectivity index (χ2n) is 8.47. The van der Waals surface area contributed by atoms with Gasteiger partial charge in [-0.15, -0.1) is 0 Å². The molecule has 1 aliphatic rings. The molecule has 1 fully saturated rings. The predicted molar refractivity (Wildman–Crippen MR) is 127 cm³/mol. The first-order valence-corrected chi connectivity index (χ1v) is 11.8. The van der Waals surface area contributed by atoms with Crippen molar-refractivity contribution >= 4 is 40.6 Å². The van der Waals surface area contributed by atoms with E-state index in [1.807, 2.05) is 31.2 Å². The van der Waals surface area contributed by atoms with Gasteiger partial charge in [0.1, 0.15) is 10.9 Å². The molecule has 1 aliphatic carbocycles. The van der Waals surface area contributed by atoms with Crippen LogP contribution in [-0.2, 0) is 4.79 Å². The number of carbonyl (C=O) groups is 3. The molecule has 8 nitrogen and oxygen atoms in total. The summed E-state index contributed by atoms with van der Waals surface area (Å²) in [6, 6.07) is 6.98. The maximum Gasteiger partial charge on any atom is 0.272 e. The average molecular weight is 458 g/mol. The molecule has 5 N–H and O–H groups in total. The molecule has 1 saturated carbocycles. The molecule has 2 aromatic rings. The normalized spacial score (nSPS) is 15.0. The Labute approximate surface area is 192 Å². The third kappa shape index (κ3) is 4.93. The molecule has 0 bridgehead atoms. The summed E-state index contributed by atoms with van der Waals surface area (Å²) < 4.78 is 3.96. The van der Waals surface area contributed by atoms with E-state index in [4.69, 9.17) is 11.5 Å². The van der Waals surface area contributed by atoms with E-state index in [0.717, 1.165) is 42.8 Å². The molecule has 3 amide bonds. The summed E-state index contributed by atoms with van der Waals surface area (Å²) in [5.41, 5.74) is 12.9. The second kappa shape index (κ2) is 10.1. The van der Waals surface area contributed by atoms with E-state index in [-0.39, 0.29) is 28.2 Å². The van der Waals surface area contributed by atoms with Crippen molar-refractivity contribution in [3.05, 3.63) is 40.4 Å². The molecule has 32 heavy (non-hydrogen) atoms. The lowest BCUT2D eigenvalue weighted by molar-refractivity contribution is -0.123. The number of carbonyl (C=O) groups excluding carboxylic acids is 3. The fourth-order valence-corrected chi connectivity index (χ4v) is 4.79. The maximum atomic E-state index is 13.6. The number of nitrogen functional groups attached to an aromatic ring is 1. The standard InChI is InChI=1S/C23H31N5O3S/c1-4-17(22(30)26-15-7-5-6-8-15)28(16-11-9-14(10-12-16)13(2)3)23(31)20-18(24)19(21(25)29)27-32-20/h9-13,15,17H,4-8,24H2,1-3H3,(H2,25,29)(H,26,30)/t17-/m0/s1. The molecule has 9 heteroatoms. The predicted octanol–water partition coefficient (Wildman–Crippen LogP) is 3.43. The highest BCUT2D eigenvalue weighted by Crippen LogP contribution is 2.30. The van der Waals surface area contributed by atoms with Crippen molar-refractivity contribution in [3.63, 3.8) is 0 Å². The van der Waals surface area contributed by atoms with Crippen LogP contribution in [0.25, 0.3) is 0 Å². The van der Waals surface area contributed by atoms with Gasteiger partial charge in [0.05, 0.1) is 5.69 Å². The van der Waals surface area contributed by atoms with Crippen LogP contribution in [0, 0.1) is 0 Å². The minimum absolute atomic E-state index is 0.0534. The van der Waals surface area contributed by atoms with Crippen molar-refractivity contribution in [2.45, 2.75) is 70.9 Å². The molecule has 0 unspecified atom stereocenters. The third-order valence-corrected chi connectivity index (χ3v) is 6.77. The molecular formula is C23H31N5O3S. The second-order valence-corrected chi connectivity index (χ2v) is 9.25. The fraction of sp³-hybridized carbons (Fsp3) is 0.478. The summed E-state index contributed by atoms with van der Waals surface area (Å²) in [5.74, 6) is -1.13. The van der Waals surface area contributed by atoms with Crippen molar-refractivity contribution in [3.8, 4) is 0 Å². The summed E-state index contributed by atoms with van der Waals surface area (Å²) >= 11 is 0.817. The van der Waals surface area contributed by atoms with Crippen molar-refractivity contribution in [2.75, 3.05) is 10.6 Å². The van der Waals surface area contributed by atoms with Gasteiger partial charge in [0.2, 0.25) is 5.91 Å². The van der Waals surface area contributed by atoms with Gasteiger partial charge in [-0.05, 0) is 54.4 Å². The van der Waals surface area contributed by atoms with Crippen LogP contribution in [0.15, 0.2) is 24.3 Å². The van der Waals surface area contributed by atoms with Gasteiger partial charge < -0.3 is 16.8 Å². The molecule has 1 heterocycles. The molecule has 172 valence electrons. The van der Waals surface area contributed by atoms with Gasteiger partial charge in [0.15, 0.2) is 5.69 Å². The Morgan fingerprint density at radius 1 is 1.19 bits per heavy atom. The van der Waals surface area contributed by atoms with E-state index < -0.39 is 17.9 Å². The number of aromatic nitrogens is 1. The third-order valence-electron chi connectivity index (χ3n) is 5.91. The Bertz CT molecular complexity index is 980. The number of hydrogen-bond acceptors (Lipinski definition) is 6. The number of nitrogens with two attached hydrogens (primary N) is 2. The highest BCUT2D eigenvalue weighted by Gasteiger charge is 2.34. The molecule has 0 radical (unpaired) electrons. The lowest BCUT2D eigenvalue weighted by Gasteiger charge is -2.31. The summed E-state index contributed by atoms with van der Waals surface area (Å²) in [6.45, 7) is 6.04. The van der Waals surface area contributed by atoms with Gasteiger partial charge in [-0.3, -0.25) is 19.3 Å². The van der Waals surface area contributed by atoms with Gasteiger partial charge in [-0.25, -0.2) is 0 Å². The molecule has 1 atom stereocenters. The minimum Gasteiger partial charge on any atom is -0.395 e. The number of nitrogens with zero attached hydrogens (tertiary/aromatic N) is 2. The number of rotatable bonds is 8. The summed E-state index contributed by atoms with van der Waals surface area (Å²) in [5, 5.41) is 3.10. The summed E-state index contributed by atoms with van der Waals surface area (Å²) in [7, 11) is 0. The SMILES string of the molecule is CC[C@@H](C(=O)NC1CCCC1)N(C(=O)c1snc(C(N)=O)c1N)c1ccc(C(C)C)cc1. The van der Waals surface area contributed by atoms with E-state index in [9.17, 15) is 14.4 Å². The average Bonchev–Trinajstić information content (AvgIpc) is 3.40. The van der Waals surface area contributed by atoms with Gasteiger partial charge in [-0.2, -0.15) is 4.37 Å². The number of nitrogens with one attached hydrogen (secondary N) is 1. The van der Waals surface area contributed by atoms with Crippen LogP contribution in [0.3, 0.4) is 0 Å². The number of anilines is 2. The Balaban J connectivity index is 2.00. The van der Waals surface area contributed by atoms with Crippen molar-refractivity contribution in [2.24, 2.45) is 5.73 Å². The molecule has 1 aromatic carbocycles. The Hall–Kier alpha value is -2.94. The number of hydrogen-bond donors (Lipinski definition) is 3. The van der Waals surface area contributed by atoms with Gasteiger partial charge >= 0.3 is 0 Å². The van der Waals surface area contributed by atoms with Crippen molar-refractivity contribution in [1.29, 1.82) is 0 Å². The lowest BCUT2D eigenvalue weighted by atomic mass is 10.0. The van der Waals surface area contributed by atoms with E-state index >= 15 is 0 Å². The molecule has 0 saturated heterocycles. The highest BCUT2D eigenvalue weighted by molar-refractivity contribution is 7.09. The zero-order valence-electron chi connectivity index (χ0n) is 18.8. The smallest absolute Gasteiger partial charge is 0.272 e. The summed E-state index contributed by atoms with van der Waals surface area (Å²) in [6.07, 6.45) is 4.49. The van der Waals surface area contributed by atoms with E-state index in [0.29, 0.717) is 18.0 Å². The van der Waals surface area contributed by atoms with Crippen molar-refractivity contribution < 1.29 is 14.4 Å². The molecular weight excluding hydrogens is 426 g/mol. The van der Waals surface area contributed by atoms with E-state index in [2.05, 4.69) is 23.5 Å². The Kier molecular flexibility index (Phi) is 7.50. The van der Waals surface area contributed by atoms with Gasteiger partial charge in [0, 0.05) is 11.7 Å². The van der Waals surface area contributed by atoms with Crippen LogP contribution in [0.5, 0.6) is 0 Å². The number of primary amides is 1. The van der Waals surface area contributed by atoms with Crippen LogP contribution in [-0.4, -0.2) is 34.2 Å². The largest absolute Gasteiger partial charge is 0.395 e. The minimum atomic E-state index is -0.795. The van der Waals surface area contributed by atoms with Gasteiger partial charge in [0.25, 0.3) is 11.8 Å². The zero-order valence-corrected chi connectivity index (χ0v) is 19.6. The fourth-order valence-electron chi connectivity index (χ4n) is 4.05. The van der Waals surface area contributed by atoms with Crippen LogP contribution in [0.1, 0.15) is 84.5 Å². The van der Waals surface area contributed by atoms with Crippen LogP contribution < -0.4 is 21.7 Å². The Morgan fingerprint density at radius 2 is 1.81 bits per heavy atom. The monoisotopic (exact) mass is 457 g/mol. The van der Waals surface area contributed by atoms with Crippen molar-refractivity contribution in [1.82, 2.24) is 9.69 Å². The number of amides is 3. The quantitative estimate of drug-likeness (QED) is 0.559. The first kappa shape index (κ1) is 23.7. The lowest BCUT2D eigenvalue weighted by Crippen LogP contribution is -2.51. The maximum absolute atomic E-state index is 13.6. The highest BCUT2D eigenvalue weighted by atomic mass is 32.1. The molecule has 0 aliphatic heterocycles. The summed E-state index contributed by atoms with van der Waals surface area (Å²) in [4.78, 5) is 40.0. The topological polar surface area (TPSA) is 131 Å².